The Morgan fingerprint density at radius 2 is 1.76 bits per heavy atom. The summed E-state index contributed by atoms with van der Waals surface area (Å²) >= 11 is 0. The number of hydrogen-bond acceptors (Lipinski definition) is 3. The van der Waals surface area contributed by atoms with Crippen LogP contribution in [0, 0.1) is 17.8 Å². The first-order valence-corrected chi connectivity index (χ1v) is 8.06. The summed E-state index contributed by atoms with van der Waals surface area (Å²) in [5, 5.41) is 2.97. The fourth-order valence-electron chi connectivity index (χ4n) is 2.95. The highest BCUT2D eigenvalue weighted by molar-refractivity contribution is 5.88. The normalized spacial score (nSPS) is 23.7. The number of hydrogen-bond donors (Lipinski definition) is 2. The summed E-state index contributed by atoms with van der Waals surface area (Å²) in [6.45, 7) is 4.84. The number of nitrogens with zero attached hydrogens (tertiary/aromatic N) is 1. The molecule has 0 heterocycles. The molecule has 1 saturated carbocycles. The van der Waals surface area contributed by atoms with Crippen LogP contribution in [-0.2, 0) is 9.59 Å². The van der Waals surface area contributed by atoms with Crippen LogP contribution in [-0.4, -0.2) is 43.4 Å². The Bertz CT molecular complexity index is 347. The van der Waals surface area contributed by atoms with Crippen molar-refractivity contribution >= 4 is 11.8 Å². The Morgan fingerprint density at radius 3 is 2.19 bits per heavy atom. The SMILES string of the molecule is CC(C)CC(NC(=O)C1CCC(CN)CC1)C(=O)N(C)C. The zero-order valence-corrected chi connectivity index (χ0v) is 13.9. The average Bonchev–Trinajstić information content (AvgIpc) is 2.45. The zero-order valence-electron chi connectivity index (χ0n) is 13.9. The lowest BCUT2D eigenvalue weighted by atomic mass is 9.81. The van der Waals surface area contributed by atoms with E-state index < -0.39 is 6.04 Å². The second-order valence-corrected chi connectivity index (χ2v) is 6.88. The van der Waals surface area contributed by atoms with Crippen LogP contribution in [0.2, 0.25) is 0 Å². The van der Waals surface area contributed by atoms with Gasteiger partial charge in [-0.1, -0.05) is 13.8 Å². The number of carbonyl (C=O) groups excluding carboxylic acids is 2. The van der Waals surface area contributed by atoms with Crippen molar-refractivity contribution in [1.29, 1.82) is 0 Å². The summed E-state index contributed by atoms with van der Waals surface area (Å²) in [6, 6.07) is -0.403. The van der Waals surface area contributed by atoms with Crippen LogP contribution in [0.3, 0.4) is 0 Å². The van der Waals surface area contributed by atoms with Crippen LogP contribution < -0.4 is 11.1 Å². The van der Waals surface area contributed by atoms with Crippen molar-refractivity contribution in [2.75, 3.05) is 20.6 Å². The van der Waals surface area contributed by atoms with Gasteiger partial charge in [-0.3, -0.25) is 9.59 Å². The van der Waals surface area contributed by atoms with E-state index in [-0.39, 0.29) is 17.7 Å². The second-order valence-electron chi connectivity index (χ2n) is 6.88. The lowest BCUT2D eigenvalue weighted by Gasteiger charge is -2.29. The standard InChI is InChI=1S/C16H31N3O2/c1-11(2)9-14(16(21)19(3)4)18-15(20)13-7-5-12(10-17)6-8-13/h11-14H,5-10,17H2,1-4H3,(H,18,20). The molecular weight excluding hydrogens is 266 g/mol. The molecule has 5 nitrogen and oxygen atoms in total. The number of rotatable bonds is 6. The lowest BCUT2D eigenvalue weighted by Crippen LogP contribution is -2.49. The van der Waals surface area contributed by atoms with Gasteiger partial charge >= 0.3 is 0 Å². The van der Waals surface area contributed by atoms with E-state index in [1.165, 1.54) is 0 Å². The molecule has 0 saturated heterocycles. The number of amides is 2. The van der Waals surface area contributed by atoms with E-state index in [4.69, 9.17) is 5.73 Å². The third kappa shape index (κ3) is 5.65. The van der Waals surface area contributed by atoms with Gasteiger partial charge in [0.1, 0.15) is 6.04 Å². The van der Waals surface area contributed by atoms with Gasteiger partial charge in [0.25, 0.3) is 0 Å². The quantitative estimate of drug-likeness (QED) is 0.777. The Hall–Kier alpha value is -1.10. The van der Waals surface area contributed by atoms with Crippen LogP contribution in [0.15, 0.2) is 0 Å². The average molecular weight is 297 g/mol. The Labute approximate surface area is 128 Å². The summed E-state index contributed by atoms with van der Waals surface area (Å²) in [7, 11) is 3.46. The summed E-state index contributed by atoms with van der Waals surface area (Å²) in [6.07, 6.45) is 4.49. The first-order chi connectivity index (χ1) is 9.85. The molecule has 0 bridgehead atoms. The van der Waals surface area contributed by atoms with Crippen LogP contribution >= 0.6 is 0 Å². The van der Waals surface area contributed by atoms with E-state index >= 15 is 0 Å². The fourth-order valence-corrected chi connectivity index (χ4v) is 2.95. The summed E-state index contributed by atoms with van der Waals surface area (Å²) < 4.78 is 0. The Kier molecular flexibility index (Phi) is 7.15. The third-order valence-corrected chi connectivity index (χ3v) is 4.31. The molecule has 5 heteroatoms. The van der Waals surface area contributed by atoms with E-state index in [0.29, 0.717) is 24.8 Å². The molecule has 0 aromatic heterocycles. The van der Waals surface area contributed by atoms with Crippen LogP contribution in [0.5, 0.6) is 0 Å². The van der Waals surface area contributed by atoms with Crippen molar-refractivity contribution in [2.45, 2.75) is 52.0 Å². The smallest absolute Gasteiger partial charge is 0.244 e. The van der Waals surface area contributed by atoms with Gasteiger partial charge in [-0.15, -0.1) is 0 Å². The number of nitrogens with one attached hydrogen (secondary N) is 1. The molecule has 1 atom stereocenters. The van der Waals surface area contributed by atoms with Gasteiger partial charge in [0.05, 0.1) is 0 Å². The van der Waals surface area contributed by atoms with E-state index in [0.717, 1.165) is 25.7 Å². The highest BCUT2D eigenvalue weighted by atomic mass is 16.2. The van der Waals surface area contributed by atoms with E-state index in [9.17, 15) is 9.59 Å². The molecule has 1 aliphatic rings. The number of carbonyl (C=O) groups is 2. The topological polar surface area (TPSA) is 75.4 Å². The minimum atomic E-state index is -0.403. The molecule has 0 aromatic rings. The summed E-state index contributed by atoms with van der Waals surface area (Å²) in [5.41, 5.74) is 5.68. The molecule has 0 aliphatic heterocycles. The minimum Gasteiger partial charge on any atom is -0.347 e. The lowest BCUT2D eigenvalue weighted by molar-refractivity contribution is -0.136. The maximum absolute atomic E-state index is 12.4. The van der Waals surface area contributed by atoms with Crippen molar-refractivity contribution < 1.29 is 9.59 Å². The first-order valence-electron chi connectivity index (χ1n) is 8.06. The second kappa shape index (κ2) is 8.37. The monoisotopic (exact) mass is 297 g/mol. The predicted molar refractivity (Wildman–Crippen MR) is 84.6 cm³/mol. The maximum Gasteiger partial charge on any atom is 0.244 e. The van der Waals surface area contributed by atoms with Gasteiger partial charge in [-0.25, -0.2) is 0 Å². The van der Waals surface area contributed by atoms with E-state index in [1.807, 2.05) is 0 Å². The summed E-state index contributed by atoms with van der Waals surface area (Å²) in [5.74, 6) is 0.979. The molecule has 0 aromatic carbocycles. The molecule has 1 unspecified atom stereocenters. The largest absolute Gasteiger partial charge is 0.347 e. The molecule has 1 fully saturated rings. The first kappa shape index (κ1) is 18.0. The van der Waals surface area contributed by atoms with Crippen molar-refractivity contribution in [3.63, 3.8) is 0 Å². The highest BCUT2D eigenvalue weighted by Crippen LogP contribution is 2.28. The van der Waals surface area contributed by atoms with Crippen LogP contribution in [0.1, 0.15) is 46.0 Å². The van der Waals surface area contributed by atoms with E-state index in [1.54, 1.807) is 19.0 Å². The predicted octanol–water partition coefficient (Wildman–Crippen LogP) is 1.37. The molecule has 122 valence electrons. The molecule has 1 aliphatic carbocycles. The molecule has 1 rings (SSSR count). The number of nitrogens with two attached hydrogens (primary N) is 1. The van der Waals surface area contributed by atoms with Gasteiger partial charge in [0.15, 0.2) is 0 Å². The molecule has 3 N–H and O–H groups in total. The van der Waals surface area contributed by atoms with Crippen molar-refractivity contribution in [3.8, 4) is 0 Å². The van der Waals surface area contributed by atoms with Crippen molar-refractivity contribution in [1.82, 2.24) is 10.2 Å². The highest BCUT2D eigenvalue weighted by Gasteiger charge is 2.29. The Morgan fingerprint density at radius 1 is 1.19 bits per heavy atom. The third-order valence-electron chi connectivity index (χ3n) is 4.31. The van der Waals surface area contributed by atoms with Gasteiger partial charge in [0.2, 0.25) is 11.8 Å². The van der Waals surface area contributed by atoms with Crippen LogP contribution in [0.4, 0.5) is 0 Å². The van der Waals surface area contributed by atoms with Gasteiger partial charge < -0.3 is 16.0 Å². The van der Waals surface area contributed by atoms with Crippen LogP contribution in [0.25, 0.3) is 0 Å². The molecule has 0 spiro atoms. The number of likely N-dealkylation sites (N-methyl/N-ethyl adjacent to an activating group) is 1. The van der Waals surface area contributed by atoms with Gasteiger partial charge in [0, 0.05) is 20.0 Å². The van der Waals surface area contributed by atoms with Crippen molar-refractivity contribution in [2.24, 2.45) is 23.5 Å². The molecule has 2 amide bonds. The minimum absolute atomic E-state index is 0.0207. The van der Waals surface area contributed by atoms with Gasteiger partial charge in [-0.05, 0) is 50.5 Å². The maximum atomic E-state index is 12.4. The van der Waals surface area contributed by atoms with Gasteiger partial charge in [-0.2, -0.15) is 0 Å². The zero-order chi connectivity index (χ0) is 16.0. The fraction of sp³-hybridized carbons (Fsp3) is 0.875. The molecule has 21 heavy (non-hydrogen) atoms. The molecule has 0 radical (unpaired) electrons. The Balaban J connectivity index is 2.57. The van der Waals surface area contributed by atoms with Crippen molar-refractivity contribution in [3.05, 3.63) is 0 Å². The molecular formula is C16H31N3O2. The van der Waals surface area contributed by atoms with E-state index in [2.05, 4.69) is 19.2 Å². The summed E-state index contributed by atoms with van der Waals surface area (Å²) in [4.78, 5) is 26.1.